The maximum absolute atomic E-state index is 12.1. The first-order chi connectivity index (χ1) is 9.85. The number of carbonyl (C=O) groups is 1. The van der Waals surface area contributed by atoms with Crippen molar-refractivity contribution in [1.29, 1.82) is 0 Å². The number of phenols is 1. The molecule has 0 spiro atoms. The fourth-order valence-corrected chi connectivity index (χ4v) is 2.07. The number of benzene rings is 1. The van der Waals surface area contributed by atoms with Crippen molar-refractivity contribution in [2.75, 3.05) is 13.1 Å². The Kier molecular flexibility index (Phi) is 4.72. The van der Waals surface area contributed by atoms with Crippen LogP contribution in [0, 0.1) is 0 Å². The summed E-state index contributed by atoms with van der Waals surface area (Å²) in [7, 11) is 0. The number of nitrogens with one attached hydrogen (secondary N) is 1. The molecule has 1 aromatic carbocycles. The van der Waals surface area contributed by atoms with Gasteiger partial charge >= 0.3 is 6.18 Å². The molecular weight excluding hydrogens is 285 g/mol. The van der Waals surface area contributed by atoms with Crippen molar-refractivity contribution in [2.45, 2.75) is 31.6 Å². The van der Waals surface area contributed by atoms with Gasteiger partial charge in [-0.3, -0.25) is 4.79 Å². The Bertz CT molecular complexity index is 501. The van der Waals surface area contributed by atoms with Crippen LogP contribution in [0.2, 0.25) is 0 Å². The van der Waals surface area contributed by atoms with Gasteiger partial charge in [-0.1, -0.05) is 12.1 Å². The van der Waals surface area contributed by atoms with Crippen LogP contribution in [-0.2, 0) is 11.3 Å². The third-order valence-electron chi connectivity index (χ3n) is 3.17. The van der Waals surface area contributed by atoms with Crippen molar-refractivity contribution in [1.82, 2.24) is 10.2 Å². The fourth-order valence-electron chi connectivity index (χ4n) is 2.07. The van der Waals surface area contributed by atoms with E-state index in [1.165, 1.54) is 6.07 Å². The van der Waals surface area contributed by atoms with E-state index < -0.39 is 12.7 Å². The minimum absolute atomic E-state index is 0.0903. The molecule has 1 amide bonds. The van der Waals surface area contributed by atoms with Crippen molar-refractivity contribution in [2.24, 2.45) is 0 Å². The molecule has 1 aliphatic rings. The highest BCUT2D eigenvalue weighted by atomic mass is 19.4. The van der Waals surface area contributed by atoms with E-state index in [1.807, 2.05) is 0 Å². The number of halogens is 3. The molecule has 1 aromatic rings. The lowest BCUT2D eigenvalue weighted by atomic mass is 10.2. The molecule has 116 valence electrons. The molecule has 0 unspecified atom stereocenters. The quantitative estimate of drug-likeness (QED) is 0.845. The van der Waals surface area contributed by atoms with Crippen molar-refractivity contribution in [3.63, 3.8) is 0 Å². The van der Waals surface area contributed by atoms with Crippen molar-refractivity contribution in [3.8, 4) is 5.75 Å². The minimum Gasteiger partial charge on any atom is -0.508 e. The molecule has 0 bridgehead atoms. The lowest BCUT2D eigenvalue weighted by Gasteiger charge is -2.23. The van der Waals surface area contributed by atoms with Crippen LogP contribution in [0.3, 0.4) is 0 Å². The molecule has 0 radical (unpaired) electrons. The van der Waals surface area contributed by atoms with Gasteiger partial charge in [-0.05, 0) is 30.5 Å². The van der Waals surface area contributed by atoms with Crippen LogP contribution in [-0.4, -0.2) is 41.2 Å². The van der Waals surface area contributed by atoms with Gasteiger partial charge in [-0.25, -0.2) is 0 Å². The molecule has 0 aliphatic heterocycles. The number of hydrogen-bond acceptors (Lipinski definition) is 3. The summed E-state index contributed by atoms with van der Waals surface area (Å²) in [6.45, 7) is -1.22. The minimum atomic E-state index is -4.32. The van der Waals surface area contributed by atoms with Crippen LogP contribution in [0.4, 0.5) is 13.2 Å². The summed E-state index contributed by atoms with van der Waals surface area (Å²) < 4.78 is 36.2. The second-order valence-electron chi connectivity index (χ2n) is 5.14. The average Bonchev–Trinajstić information content (AvgIpc) is 3.18. The van der Waals surface area contributed by atoms with Gasteiger partial charge in [0.05, 0.1) is 13.1 Å². The molecule has 4 nitrogen and oxygen atoms in total. The van der Waals surface area contributed by atoms with E-state index in [9.17, 15) is 23.1 Å². The summed E-state index contributed by atoms with van der Waals surface area (Å²) in [4.78, 5) is 13.6. The van der Waals surface area contributed by atoms with Gasteiger partial charge < -0.3 is 15.3 Å². The smallest absolute Gasteiger partial charge is 0.401 e. The largest absolute Gasteiger partial charge is 0.508 e. The number of phenolic OH excluding ortho intramolecular Hbond substituents is 1. The lowest BCUT2D eigenvalue weighted by Crippen LogP contribution is -2.41. The molecule has 2 rings (SSSR count). The van der Waals surface area contributed by atoms with Crippen molar-refractivity contribution in [3.05, 3.63) is 29.8 Å². The van der Waals surface area contributed by atoms with Crippen LogP contribution in [0.25, 0.3) is 0 Å². The second-order valence-corrected chi connectivity index (χ2v) is 5.14. The number of aromatic hydroxyl groups is 1. The Morgan fingerprint density at radius 2 is 2.10 bits per heavy atom. The summed E-state index contributed by atoms with van der Waals surface area (Å²) in [6.07, 6.45) is -2.59. The first kappa shape index (κ1) is 15.6. The van der Waals surface area contributed by atoms with Crippen LogP contribution in [0.5, 0.6) is 5.75 Å². The lowest BCUT2D eigenvalue weighted by molar-refractivity contribution is -0.135. The molecular formula is C14H17F3N2O2. The van der Waals surface area contributed by atoms with Crippen LogP contribution in [0.1, 0.15) is 18.4 Å². The fraction of sp³-hybridized carbons (Fsp3) is 0.500. The zero-order chi connectivity index (χ0) is 15.5. The number of nitrogens with zero attached hydrogens (tertiary/aromatic N) is 1. The van der Waals surface area contributed by atoms with Gasteiger partial charge in [0.2, 0.25) is 5.91 Å². The van der Waals surface area contributed by atoms with E-state index in [2.05, 4.69) is 5.32 Å². The Morgan fingerprint density at radius 1 is 1.38 bits per heavy atom. The first-order valence-electron chi connectivity index (χ1n) is 6.70. The monoisotopic (exact) mass is 302 g/mol. The Hall–Kier alpha value is -1.76. The van der Waals surface area contributed by atoms with Crippen molar-refractivity contribution < 1.29 is 23.1 Å². The predicted molar refractivity (Wildman–Crippen MR) is 70.6 cm³/mol. The third-order valence-corrected chi connectivity index (χ3v) is 3.17. The molecule has 21 heavy (non-hydrogen) atoms. The van der Waals surface area contributed by atoms with E-state index in [-0.39, 0.29) is 24.2 Å². The number of amides is 1. The molecule has 0 aromatic heterocycles. The first-order valence-corrected chi connectivity index (χ1v) is 6.70. The van der Waals surface area contributed by atoms with Gasteiger partial charge in [0.25, 0.3) is 0 Å². The number of hydrogen-bond donors (Lipinski definition) is 2. The second kappa shape index (κ2) is 6.34. The zero-order valence-electron chi connectivity index (χ0n) is 11.4. The normalized spacial score (nSPS) is 15.0. The summed E-state index contributed by atoms with van der Waals surface area (Å²) >= 11 is 0. The zero-order valence-corrected chi connectivity index (χ0v) is 11.4. The molecule has 1 aliphatic carbocycles. The Labute approximate surface area is 120 Å². The molecule has 1 fully saturated rings. The van der Waals surface area contributed by atoms with Gasteiger partial charge in [0.1, 0.15) is 5.75 Å². The molecule has 0 atom stereocenters. The molecule has 1 saturated carbocycles. The topological polar surface area (TPSA) is 52.6 Å². The maximum atomic E-state index is 12.1. The molecule has 7 heteroatoms. The predicted octanol–water partition coefficient (Wildman–Crippen LogP) is 2.04. The van der Waals surface area contributed by atoms with E-state index in [4.69, 9.17) is 0 Å². The van der Waals surface area contributed by atoms with Crippen LogP contribution in [0.15, 0.2) is 24.3 Å². The van der Waals surface area contributed by atoms with Crippen molar-refractivity contribution >= 4 is 5.91 Å². The van der Waals surface area contributed by atoms with E-state index in [1.54, 1.807) is 23.1 Å². The highest BCUT2D eigenvalue weighted by Gasteiger charge is 2.33. The Morgan fingerprint density at radius 3 is 2.67 bits per heavy atom. The third kappa shape index (κ3) is 5.26. The molecule has 0 saturated heterocycles. The van der Waals surface area contributed by atoms with E-state index >= 15 is 0 Å². The van der Waals surface area contributed by atoms with Gasteiger partial charge in [-0.15, -0.1) is 0 Å². The van der Waals surface area contributed by atoms with E-state index in [0.29, 0.717) is 6.54 Å². The summed E-state index contributed by atoms with van der Waals surface area (Å²) in [6, 6.07) is 6.60. The highest BCUT2D eigenvalue weighted by Crippen LogP contribution is 2.28. The van der Waals surface area contributed by atoms with Gasteiger partial charge in [0.15, 0.2) is 0 Å². The van der Waals surface area contributed by atoms with Crippen LogP contribution < -0.4 is 5.32 Å². The Balaban J connectivity index is 1.91. The summed E-state index contributed by atoms with van der Waals surface area (Å²) in [5, 5.41) is 11.5. The van der Waals surface area contributed by atoms with E-state index in [0.717, 1.165) is 18.4 Å². The number of rotatable bonds is 6. The summed E-state index contributed by atoms with van der Waals surface area (Å²) in [5.74, 6) is -0.254. The number of alkyl halides is 3. The van der Waals surface area contributed by atoms with Gasteiger partial charge in [-0.2, -0.15) is 13.2 Å². The average molecular weight is 302 g/mol. The maximum Gasteiger partial charge on any atom is 0.401 e. The SMILES string of the molecule is O=C(CNCC(F)(F)F)N(Cc1cccc(O)c1)C1CC1. The molecule has 2 N–H and O–H groups in total. The molecule has 0 heterocycles. The standard InChI is InChI=1S/C14H17F3N2O2/c15-14(16,17)9-18-7-13(21)19(11-4-5-11)8-10-2-1-3-12(20)6-10/h1-3,6,11,18,20H,4-5,7-9H2. The van der Waals surface area contributed by atoms with Crippen LogP contribution >= 0.6 is 0 Å². The highest BCUT2D eigenvalue weighted by molar-refractivity contribution is 5.79. The summed E-state index contributed by atoms with van der Waals surface area (Å²) in [5.41, 5.74) is 0.756. The van der Waals surface area contributed by atoms with Gasteiger partial charge in [0, 0.05) is 12.6 Å². The number of carbonyl (C=O) groups excluding carboxylic acids is 1.